The van der Waals surface area contributed by atoms with Crippen molar-refractivity contribution in [1.82, 2.24) is 48.2 Å². The van der Waals surface area contributed by atoms with Gasteiger partial charge in [-0.1, -0.05) is 295 Å². The third kappa shape index (κ3) is 14.5. The minimum absolute atomic E-state index is 0.0490. The van der Waals surface area contributed by atoms with Crippen LogP contribution in [0.4, 0.5) is 26.3 Å². The van der Waals surface area contributed by atoms with Crippen LogP contribution >= 0.6 is 0 Å². The number of hydrogen-bond donors (Lipinski definition) is 0. The topological polar surface area (TPSA) is 97.1 Å². The maximum atomic E-state index is 17.1. The van der Waals surface area contributed by atoms with Gasteiger partial charge in [0.1, 0.15) is 0 Å². The van der Waals surface area contributed by atoms with Gasteiger partial charge in [0.05, 0.1) is 78.0 Å². The first-order valence-corrected chi connectivity index (χ1v) is 46.0. The van der Waals surface area contributed by atoms with Crippen LogP contribution < -0.4 is 0 Å². The summed E-state index contributed by atoms with van der Waals surface area (Å²) in [4.78, 5) is 31.7. The number of hydrogen-bond acceptors (Lipinski definition) is 6. The predicted molar refractivity (Wildman–Crippen MR) is 548 cm³/mol. The average Bonchev–Trinajstić information content (AvgIpc) is 1.54. The molecule has 0 radical (unpaired) electrons. The number of para-hydroxylation sites is 2. The summed E-state index contributed by atoms with van der Waals surface area (Å²) in [5.41, 5.74) is 20.8. The smallest absolute Gasteiger partial charge is 0.309 e. The molecule has 0 atom stereocenters. The molecule has 138 heavy (non-hydrogen) atoms. The summed E-state index contributed by atoms with van der Waals surface area (Å²) in [7, 11) is 0. The second kappa shape index (κ2) is 33.1. The van der Waals surface area contributed by atoms with E-state index in [1.807, 2.05) is 267 Å². The molecule has 6 heterocycles. The Bertz CT molecular complexity index is 8890. The third-order valence-electron chi connectivity index (χ3n) is 26.9. The lowest BCUT2D eigenvalue weighted by Crippen LogP contribution is -2.12. The van der Waals surface area contributed by atoms with Crippen molar-refractivity contribution in [3.8, 4) is 136 Å². The Balaban J connectivity index is 0.641. The zero-order valence-electron chi connectivity index (χ0n) is 75.5. The molecule has 662 valence electrons. The summed E-state index contributed by atoms with van der Waals surface area (Å²) in [6.07, 6.45) is -9.28. The minimum Gasteiger partial charge on any atom is -0.309 e. The Kier molecular flexibility index (Phi) is 20.1. The van der Waals surface area contributed by atoms with Gasteiger partial charge < -0.3 is 18.3 Å². The zero-order chi connectivity index (χ0) is 93.5. The lowest BCUT2D eigenvalue weighted by atomic mass is 9.90. The van der Waals surface area contributed by atoms with Crippen molar-refractivity contribution in [3.05, 3.63) is 444 Å². The average molecular weight is 1800 g/mol. The van der Waals surface area contributed by atoms with Crippen LogP contribution in [0.1, 0.15) is 50.1 Å². The standard InChI is InChI=1S/C122H82F6N10/c1-72-44-52-79(53-45-72)84-56-63-106-96(70-84)88-33-16-18-39-100(88)136(106)109-42-22-36-97(121(123,124)125)113(109)111-89(119-131-115(81-25-9-6-10-26-81)129-116(132-119)82-27-11-7-12-28-82)34-20-40-107(111)135-99-38-17-15-32-87(99)95-71-85(57-62-105(95)135)80-54-50-77(51-55-80)68-78-24-19-31-86(69-78)118-130-117(83-29-13-8-14-30-83)133-120(134-118)90-35-21-41-108(137-101-58-46-73(2)64-91(101)92-65-74(3)47-59-102(92)137)112(90)114-98(122(126,127)128)37-23-43-110(114)138-103-60-48-75(4)66-93(103)94-67-76(5)49-61-104(94)138/h6-67,69-71H,68H2,1-5H3. The van der Waals surface area contributed by atoms with Gasteiger partial charge in [0, 0.05) is 98.7 Å². The number of fused-ring (bicyclic) bond motifs is 12. The van der Waals surface area contributed by atoms with Gasteiger partial charge in [-0.15, -0.1) is 0 Å². The quantitative estimate of drug-likeness (QED) is 0.0894. The Morgan fingerprint density at radius 1 is 0.196 bits per heavy atom. The highest BCUT2D eigenvalue weighted by Crippen LogP contribution is 2.54. The highest BCUT2D eigenvalue weighted by Gasteiger charge is 2.41. The van der Waals surface area contributed by atoms with Crippen molar-refractivity contribution < 1.29 is 26.3 Å². The fourth-order valence-electron chi connectivity index (χ4n) is 20.5. The first-order chi connectivity index (χ1) is 67.2. The summed E-state index contributed by atoms with van der Waals surface area (Å²) < 4.78 is 110. The first kappa shape index (κ1) is 83.8. The van der Waals surface area contributed by atoms with E-state index in [-0.39, 0.29) is 33.9 Å². The molecule has 0 unspecified atom stereocenters. The maximum Gasteiger partial charge on any atom is 0.417 e. The van der Waals surface area contributed by atoms with Crippen molar-refractivity contribution in [1.29, 1.82) is 0 Å². The van der Waals surface area contributed by atoms with E-state index in [0.29, 0.717) is 85.8 Å². The fraction of sp³-hybridized carbons (Fsp3) is 0.0656. The van der Waals surface area contributed by atoms with Crippen LogP contribution in [0.2, 0.25) is 0 Å². The molecule has 0 saturated heterocycles. The van der Waals surface area contributed by atoms with E-state index < -0.39 is 23.5 Å². The number of aromatic nitrogens is 10. The van der Waals surface area contributed by atoms with Gasteiger partial charge in [0.15, 0.2) is 34.9 Å². The van der Waals surface area contributed by atoms with Gasteiger partial charge in [-0.3, -0.25) is 0 Å². The van der Waals surface area contributed by atoms with Crippen LogP contribution in [0.3, 0.4) is 0 Å². The van der Waals surface area contributed by atoms with Crippen LogP contribution in [0.25, 0.3) is 223 Å². The molecule has 0 amide bonds. The summed E-state index contributed by atoms with van der Waals surface area (Å²) >= 11 is 0. The highest BCUT2D eigenvalue weighted by atomic mass is 19.4. The molecule has 0 saturated carbocycles. The molecule has 24 rings (SSSR count). The van der Waals surface area contributed by atoms with E-state index in [1.165, 1.54) is 24.3 Å². The highest BCUT2D eigenvalue weighted by molar-refractivity contribution is 6.16. The van der Waals surface area contributed by atoms with Gasteiger partial charge in [-0.25, -0.2) is 29.9 Å². The van der Waals surface area contributed by atoms with E-state index in [9.17, 15) is 0 Å². The Labute approximate surface area is 790 Å². The lowest BCUT2D eigenvalue weighted by molar-refractivity contribution is -0.137. The normalized spacial score (nSPS) is 12.1. The number of aryl methyl sites for hydroxylation is 5. The van der Waals surface area contributed by atoms with Crippen molar-refractivity contribution >= 4 is 87.2 Å². The predicted octanol–water partition coefficient (Wildman–Crippen LogP) is 32.3. The number of nitrogens with zero attached hydrogens (tertiary/aromatic N) is 10. The molecule has 16 heteroatoms. The Hall–Kier alpha value is -17.2. The molecule has 0 aliphatic carbocycles. The first-order valence-electron chi connectivity index (χ1n) is 46.0. The molecular formula is C122H82F6N10. The van der Waals surface area contributed by atoms with E-state index in [0.717, 1.165) is 148 Å². The van der Waals surface area contributed by atoms with E-state index in [2.05, 4.69) is 143 Å². The van der Waals surface area contributed by atoms with E-state index in [1.54, 1.807) is 12.1 Å². The summed E-state index contributed by atoms with van der Waals surface area (Å²) in [5.74, 6) is 1.67. The van der Waals surface area contributed by atoms with Gasteiger partial charge in [0.25, 0.3) is 0 Å². The van der Waals surface area contributed by atoms with Crippen LogP contribution in [0.5, 0.6) is 0 Å². The number of alkyl halides is 6. The van der Waals surface area contributed by atoms with Gasteiger partial charge >= 0.3 is 12.4 Å². The molecule has 10 nitrogen and oxygen atoms in total. The second-order valence-corrected chi connectivity index (χ2v) is 35.9. The molecule has 0 spiro atoms. The fourth-order valence-corrected chi connectivity index (χ4v) is 20.5. The second-order valence-electron chi connectivity index (χ2n) is 35.9. The zero-order valence-corrected chi connectivity index (χ0v) is 75.5. The molecule has 6 aromatic heterocycles. The Morgan fingerprint density at radius 2 is 0.478 bits per heavy atom. The summed E-state index contributed by atoms with van der Waals surface area (Å²) in [5, 5.41) is 7.22. The molecule has 0 aliphatic rings. The molecule has 0 aliphatic heterocycles. The summed E-state index contributed by atoms with van der Waals surface area (Å²) in [6, 6.07) is 127. The van der Waals surface area contributed by atoms with Crippen LogP contribution in [0.15, 0.2) is 394 Å². The lowest BCUT2D eigenvalue weighted by Gasteiger charge is -2.24. The van der Waals surface area contributed by atoms with Gasteiger partial charge in [-0.2, -0.15) is 26.3 Å². The van der Waals surface area contributed by atoms with E-state index in [4.69, 9.17) is 29.9 Å². The van der Waals surface area contributed by atoms with Crippen molar-refractivity contribution in [3.63, 3.8) is 0 Å². The van der Waals surface area contributed by atoms with Gasteiger partial charge in [0.2, 0.25) is 0 Å². The van der Waals surface area contributed by atoms with Crippen LogP contribution in [0, 0.1) is 34.6 Å². The van der Waals surface area contributed by atoms with E-state index >= 15 is 26.3 Å². The SMILES string of the molecule is Cc1ccc(-c2ccc3c(c2)c2ccccc2n3-c2cccc(C(F)(F)F)c2-c2c(-c3nc(-c4ccccc4)nc(-c4ccccc4)n3)cccc2-n2c3ccccc3c3cc(-c4ccc(Cc5cccc(-c6nc(-c7ccccc7)nc(-c7cccc(-n8c9ccc(C)cc9c9cc(C)ccc98)c7-c7c(-n8c9ccc(C)cc9c9cc(C)ccc98)cccc7C(F)(F)F)n6)c5)cc4)ccc32)cc1. The Morgan fingerprint density at radius 3 is 0.855 bits per heavy atom. The largest absolute Gasteiger partial charge is 0.417 e. The number of halogens is 6. The van der Waals surface area contributed by atoms with Crippen LogP contribution in [-0.4, -0.2) is 48.2 Å². The monoisotopic (exact) mass is 1800 g/mol. The third-order valence-corrected chi connectivity index (χ3v) is 26.9. The number of rotatable bonds is 16. The molecule has 0 N–H and O–H groups in total. The van der Waals surface area contributed by atoms with Gasteiger partial charge in [-0.05, 0) is 202 Å². The molecular weight excluding hydrogens is 1720 g/mol. The van der Waals surface area contributed by atoms with Crippen molar-refractivity contribution in [2.75, 3.05) is 0 Å². The number of benzene rings is 18. The van der Waals surface area contributed by atoms with Crippen molar-refractivity contribution in [2.45, 2.75) is 53.4 Å². The molecule has 0 bridgehead atoms. The minimum atomic E-state index is -4.90. The molecule has 0 fully saturated rings. The summed E-state index contributed by atoms with van der Waals surface area (Å²) in [6.45, 7) is 10.2. The molecule has 18 aromatic carbocycles. The molecule has 24 aromatic rings. The van der Waals surface area contributed by atoms with Crippen molar-refractivity contribution in [2.24, 2.45) is 0 Å². The maximum absolute atomic E-state index is 17.1. The van der Waals surface area contributed by atoms with Crippen LogP contribution in [-0.2, 0) is 18.8 Å².